The summed E-state index contributed by atoms with van der Waals surface area (Å²) in [4.78, 5) is 0. The van der Waals surface area contributed by atoms with Gasteiger partial charge in [0.15, 0.2) is 11.6 Å². The lowest BCUT2D eigenvalue weighted by molar-refractivity contribution is 0.304. The largest absolute Gasteiger partial charge is 0.494 e. The Balaban J connectivity index is 1.27. The van der Waals surface area contributed by atoms with E-state index in [1.54, 1.807) is 12.1 Å². The van der Waals surface area contributed by atoms with E-state index >= 15 is 8.78 Å². The first-order chi connectivity index (χ1) is 22.6. The van der Waals surface area contributed by atoms with Crippen molar-refractivity contribution in [2.45, 2.75) is 117 Å². The molecule has 0 aliphatic rings. The molecule has 4 rings (SSSR count). The first-order valence-corrected chi connectivity index (χ1v) is 18.0. The minimum absolute atomic E-state index is 0.271. The summed E-state index contributed by atoms with van der Waals surface area (Å²) in [7, 11) is 0. The zero-order valence-electron chi connectivity index (χ0n) is 28.3. The van der Waals surface area contributed by atoms with Crippen molar-refractivity contribution >= 4 is 0 Å². The van der Waals surface area contributed by atoms with Crippen LogP contribution >= 0.6 is 0 Å². The number of hydrogen-bond acceptors (Lipinski definition) is 1. The highest BCUT2D eigenvalue weighted by Gasteiger charge is 2.16. The van der Waals surface area contributed by atoms with E-state index in [9.17, 15) is 0 Å². The molecule has 4 aromatic carbocycles. The smallest absolute Gasteiger partial charge is 0.167 e. The van der Waals surface area contributed by atoms with Gasteiger partial charge in [-0.25, -0.2) is 8.78 Å². The van der Waals surface area contributed by atoms with E-state index in [-0.39, 0.29) is 5.56 Å². The minimum Gasteiger partial charge on any atom is -0.494 e. The molecule has 46 heavy (non-hydrogen) atoms. The van der Waals surface area contributed by atoms with E-state index < -0.39 is 11.6 Å². The van der Waals surface area contributed by atoms with Crippen LogP contribution in [-0.2, 0) is 6.42 Å². The molecule has 0 heterocycles. The molecule has 0 aromatic heterocycles. The van der Waals surface area contributed by atoms with Gasteiger partial charge in [0, 0.05) is 11.1 Å². The van der Waals surface area contributed by atoms with E-state index in [0.29, 0.717) is 16.7 Å². The zero-order chi connectivity index (χ0) is 32.4. The Labute approximate surface area is 277 Å². The lowest BCUT2D eigenvalue weighted by atomic mass is 9.96. The predicted octanol–water partition coefficient (Wildman–Crippen LogP) is 13.8. The highest BCUT2D eigenvalue weighted by molar-refractivity contribution is 5.74. The van der Waals surface area contributed by atoms with Crippen LogP contribution in [0.15, 0.2) is 84.9 Å². The summed E-state index contributed by atoms with van der Waals surface area (Å²) in [5.41, 5.74) is 5.25. The molecule has 0 bridgehead atoms. The number of unbranched alkanes of at least 4 members (excludes halogenated alkanes) is 13. The maximum absolute atomic E-state index is 15.4. The molecular formula is C43H54F2O. The molecular weight excluding hydrogens is 570 g/mol. The topological polar surface area (TPSA) is 9.23 Å². The quantitative estimate of drug-likeness (QED) is 0.0838. The van der Waals surface area contributed by atoms with Crippen LogP contribution in [0.3, 0.4) is 0 Å². The third-order valence-electron chi connectivity index (χ3n) is 9.07. The van der Waals surface area contributed by atoms with Crippen LogP contribution in [0.5, 0.6) is 5.75 Å². The van der Waals surface area contributed by atoms with Gasteiger partial charge in [-0.15, -0.1) is 0 Å². The molecule has 0 N–H and O–H groups in total. The monoisotopic (exact) mass is 624 g/mol. The molecule has 0 saturated heterocycles. The first kappa shape index (κ1) is 35.4. The van der Waals surface area contributed by atoms with Crippen LogP contribution in [0.2, 0.25) is 0 Å². The van der Waals surface area contributed by atoms with Crippen LogP contribution in [-0.4, -0.2) is 6.61 Å². The summed E-state index contributed by atoms with van der Waals surface area (Å²) < 4.78 is 36.6. The lowest BCUT2D eigenvalue weighted by Crippen LogP contribution is -1.97. The Hall–Kier alpha value is -3.46. The van der Waals surface area contributed by atoms with Crippen molar-refractivity contribution in [1.82, 2.24) is 0 Å². The van der Waals surface area contributed by atoms with Crippen LogP contribution in [0.1, 0.15) is 116 Å². The highest BCUT2D eigenvalue weighted by atomic mass is 19.2. The van der Waals surface area contributed by atoms with Gasteiger partial charge in [0.2, 0.25) is 0 Å². The second-order valence-corrected chi connectivity index (χ2v) is 12.8. The SMILES string of the molecule is CCCCCCCCCCCCc1ccc(-c2ccc(-c3ccc(-c4ccc(OCCCCCCC)cc4)cc3)c(F)c2F)cc1. The Kier molecular flexibility index (Phi) is 15.3. The van der Waals surface area contributed by atoms with Crippen molar-refractivity contribution in [3.8, 4) is 39.1 Å². The van der Waals surface area contributed by atoms with Crippen molar-refractivity contribution < 1.29 is 13.5 Å². The van der Waals surface area contributed by atoms with E-state index in [1.165, 1.54) is 95.5 Å². The van der Waals surface area contributed by atoms with Crippen molar-refractivity contribution in [2.75, 3.05) is 6.61 Å². The fourth-order valence-corrected chi connectivity index (χ4v) is 6.14. The maximum atomic E-state index is 15.4. The average molecular weight is 625 g/mol. The first-order valence-electron chi connectivity index (χ1n) is 18.0. The molecule has 0 unspecified atom stereocenters. The number of aryl methyl sites for hydroxylation is 1. The predicted molar refractivity (Wildman–Crippen MR) is 192 cm³/mol. The molecule has 246 valence electrons. The minimum atomic E-state index is -0.809. The molecule has 0 fully saturated rings. The van der Waals surface area contributed by atoms with Gasteiger partial charge in [-0.2, -0.15) is 0 Å². The summed E-state index contributed by atoms with van der Waals surface area (Å²) in [5.74, 6) is -0.738. The third kappa shape index (κ3) is 11.1. The van der Waals surface area contributed by atoms with Crippen molar-refractivity contribution in [2.24, 2.45) is 0 Å². The summed E-state index contributed by atoms with van der Waals surface area (Å²) in [6, 6.07) is 27.0. The van der Waals surface area contributed by atoms with Gasteiger partial charge in [0.25, 0.3) is 0 Å². The van der Waals surface area contributed by atoms with Crippen molar-refractivity contribution in [1.29, 1.82) is 0 Å². The van der Waals surface area contributed by atoms with Gasteiger partial charge in [-0.3, -0.25) is 0 Å². The molecule has 0 radical (unpaired) electrons. The molecule has 0 aliphatic carbocycles. The number of ether oxygens (including phenoxy) is 1. The Bertz CT molecular complexity index is 1410. The fraction of sp³-hybridized carbons (Fsp3) is 0.442. The maximum Gasteiger partial charge on any atom is 0.167 e. The summed E-state index contributed by atoms with van der Waals surface area (Å²) in [6.07, 6.45) is 20.3. The Morgan fingerprint density at radius 2 is 0.804 bits per heavy atom. The number of halogens is 2. The second kappa shape index (κ2) is 19.9. The second-order valence-electron chi connectivity index (χ2n) is 12.8. The van der Waals surface area contributed by atoms with Crippen molar-refractivity contribution in [3.63, 3.8) is 0 Å². The van der Waals surface area contributed by atoms with Gasteiger partial charge in [0.05, 0.1) is 6.61 Å². The number of benzene rings is 4. The molecule has 0 spiro atoms. The van der Waals surface area contributed by atoms with Gasteiger partial charge in [-0.1, -0.05) is 170 Å². The summed E-state index contributed by atoms with van der Waals surface area (Å²) in [6.45, 7) is 5.22. The van der Waals surface area contributed by atoms with Gasteiger partial charge in [0.1, 0.15) is 5.75 Å². The van der Waals surface area contributed by atoms with Gasteiger partial charge < -0.3 is 4.74 Å². The zero-order valence-corrected chi connectivity index (χ0v) is 28.3. The molecule has 0 saturated carbocycles. The molecule has 0 aliphatic heterocycles. The fourth-order valence-electron chi connectivity index (χ4n) is 6.14. The standard InChI is InChI=1S/C43H54F2O/c1-3-5-7-9-10-11-12-13-14-16-18-34-19-21-37(22-20-34)40-31-32-41(43(45)42(40)44)38-25-23-35(24-26-38)36-27-29-39(30-28-36)46-33-17-15-8-6-4-2/h19-32H,3-18,33H2,1-2H3. The van der Waals surface area contributed by atoms with E-state index in [2.05, 4.69) is 26.0 Å². The summed E-state index contributed by atoms with van der Waals surface area (Å²) in [5, 5.41) is 0. The third-order valence-corrected chi connectivity index (χ3v) is 9.07. The van der Waals surface area contributed by atoms with Crippen LogP contribution in [0, 0.1) is 11.6 Å². The molecule has 4 aromatic rings. The van der Waals surface area contributed by atoms with Crippen LogP contribution in [0.4, 0.5) is 8.78 Å². The highest BCUT2D eigenvalue weighted by Crippen LogP contribution is 2.33. The number of hydrogen-bond donors (Lipinski definition) is 0. The van der Waals surface area contributed by atoms with E-state index in [1.807, 2.05) is 60.7 Å². The number of rotatable bonds is 21. The molecule has 1 nitrogen and oxygen atoms in total. The van der Waals surface area contributed by atoms with Crippen LogP contribution < -0.4 is 4.74 Å². The normalized spacial score (nSPS) is 11.2. The lowest BCUT2D eigenvalue weighted by Gasteiger charge is -2.11. The Morgan fingerprint density at radius 1 is 0.413 bits per heavy atom. The molecule has 0 atom stereocenters. The van der Waals surface area contributed by atoms with Crippen molar-refractivity contribution in [3.05, 3.63) is 102 Å². The van der Waals surface area contributed by atoms with E-state index in [4.69, 9.17) is 4.74 Å². The van der Waals surface area contributed by atoms with Gasteiger partial charge >= 0.3 is 0 Å². The molecule has 0 amide bonds. The molecule has 3 heteroatoms. The average Bonchev–Trinajstić information content (AvgIpc) is 3.09. The van der Waals surface area contributed by atoms with Crippen LogP contribution in [0.25, 0.3) is 33.4 Å². The van der Waals surface area contributed by atoms with E-state index in [0.717, 1.165) is 36.3 Å². The van der Waals surface area contributed by atoms with Gasteiger partial charge in [-0.05, 0) is 59.2 Å². The summed E-state index contributed by atoms with van der Waals surface area (Å²) >= 11 is 0. The Morgan fingerprint density at radius 3 is 1.30 bits per heavy atom.